The van der Waals surface area contributed by atoms with Crippen molar-refractivity contribution in [1.82, 2.24) is 9.44 Å². The van der Waals surface area contributed by atoms with Gasteiger partial charge < -0.3 is 5.11 Å². The molecular weight excluding hydrogens is 268 g/mol. The van der Waals surface area contributed by atoms with Crippen LogP contribution in [0.15, 0.2) is 0 Å². The fraction of sp³-hybridized carbons (Fsp3) is 0.917. The van der Waals surface area contributed by atoms with Gasteiger partial charge in [0.1, 0.15) is 0 Å². The van der Waals surface area contributed by atoms with E-state index >= 15 is 0 Å². The number of hydrogen-bond acceptors (Lipinski definition) is 3. The third-order valence-electron chi connectivity index (χ3n) is 3.33. The average Bonchev–Trinajstić information content (AvgIpc) is 2.25. The van der Waals surface area contributed by atoms with Crippen molar-refractivity contribution in [2.45, 2.75) is 57.9 Å². The van der Waals surface area contributed by atoms with Crippen LogP contribution < -0.4 is 9.44 Å². The summed E-state index contributed by atoms with van der Waals surface area (Å²) in [4.78, 5) is 11.0. The summed E-state index contributed by atoms with van der Waals surface area (Å²) in [5.74, 6) is -0.758. The maximum atomic E-state index is 12.0. The highest BCUT2D eigenvalue weighted by Gasteiger charge is 2.37. The monoisotopic (exact) mass is 292 g/mol. The van der Waals surface area contributed by atoms with E-state index in [-0.39, 0.29) is 12.3 Å². The first-order chi connectivity index (χ1) is 8.75. The van der Waals surface area contributed by atoms with Crippen LogP contribution in [0.4, 0.5) is 0 Å². The van der Waals surface area contributed by atoms with Gasteiger partial charge in [-0.15, -0.1) is 0 Å². The molecule has 0 saturated heterocycles. The van der Waals surface area contributed by atoms with Crippen LogP contribution in [0.2, 0.25) is 0 Å². The van der Waals surface area contributed by atoms with Gasteiger partial charge in [-0.2, -0.15) is 13.1 Å². The normalized spacial score (nSPS) is 19.5. The molecule has 0 amide bonds. The molecule has 7 heteroatoms. The van der Waals surface area contributed by atoms with Gasteiger partial charge in [0.05, 0.1) is 6.42 Å². The van der Waals surface area contributed by atoms with E-state index in [9.17, 15) is 13.2 Å². The van der Waals surface area contributed by atoms with Crippen molar-refractivity contribution in [2.24, 2.45) is 5.92 Å². The van der Waals surface area contributed by atoms with Crippen LogP contribution in [0.25, 0.3) is 0 Å². The van der Waals surface area contributed by atoms with Crippen molar-refractivity contribution in [3.63, 3.8) is 0 Å². The predicted octanol–water partition coefficient (Wildman–Crippen LogP) is 1.24. The van der Waals surface area contributed by atoms with E-state index in [1.807, 2.05) is 13.8 Å². The summed E-state index contributed by atoms with van der Waals surface area (Å²) in [7, 11) is -3.64. The summed E-state index contributed by atoms with van der Waals surface area (Å²) in [6, 6.07) is 0. The number of carbonyl (C=O) groups is 1. The Labute approximate surface area is 115 Å². The third kappa shape index (κ3) is 5.88. The smallest absolute Gasteiger partial charge is 0.305 e. The fourth-order valence-electron chi connectivity index (χ4n) is 2.43. The molecule has 0 unspecified atom stereocenters. The molecule has 0 aliphatic heterocycles. The average molecular weight is 292 g/mol. The Morgan fingerprint density at radius 2 is 1.84 bits per heavy atom. The maximum Gasteiger partial charge on any atom is 0.305 e. The molecule has 0 radical (unpaired) electrons. The molecule has 0 atom stereocenters. The quantitative estimate of drug-likeness (QED) is 0.658. The minimum Gasteiger partial charge on any atom is -0.481 e. The van der Waals surface area contributed by atoms with Gasteiger partial charge in [-0.1, -0.05) is 33.1 Å². The molecule has 0 heterocycles. The van der Waals surface area contributed by atoms with E-state index in [0.29, 0.717) is 19.4 Å². The molecule has 1 aliphatic carbocycles. The number of carboxylic acid groups (broad SMARTS) is 1. The summed E-state index contributed by atoms with van der Waals surface area (Å²) in [6.45, 7) is 4.17. The minimum absolute atomic E-state index is 0.157. The molecule has 0 spiro atoms. The first kappa shape index (κ1) is 16.4. The van der Waals surface area contributed by atoms with Crippen LogP contribution in [-0.4, -0.2) is 31.6 Å². The van der Waals surface area contributed by atoms with Crippen molar-refractivity contribution in [2.75, 3.05) is 6.54 Å². The molecule has 112 valence electrons. The van der Waals surface area contributed by atoms with Crippen LogP contribution in [0.1, 0.15) is 52.4 Å². The van der Waals surface area contributed by atoms with E-state index < -0.39 is 21.7 Å². The van der Waals surface area contributed by atoms with Crippen molar-refractivity contribution in [1.29, 1.82) is 0 Å². The maximum absolute atomic E-state index is 12.0. The van der Waals surface area contributed by atoms with Gasteiger partial charge in [-0.05, 0) is 18.8 Å². The Morgan fingerprint density at radius 1 is 1.26 bits per heavy atom. The van der Waals surface area contributed by atoms with Crippen molar-refractivity contribution in [3.05, 3.63) is 0 Å². The second-order valence-corrected chi connectivity index (χ2v) is 7.26. The molecule has 6 nitrogen and oxygen atoms in total. The topological polar surface area (TPSA) is 95.5 Å². The highest BCUT2D eigenvalue weighted by Crippen LogP contribution is 2.31. The second-order valence-electron chi connectivity index (χ2n) is 5.76. The lowest BCUT2D eigenvalue weighted by Gasteiger charge is -2.36. The fourth-order valence-corrected chi connectivity index (χ4v) is 3.90. The van der Waals surface area contributed by atoms with Crippen LogP contribution >= 0.6 is 0 Å². The highest BCUT2D eigenvalue weighted by atomic mass is 32.2. The molecular formula is C12H24N2O4S. The lowest BCUT2D eigenvalue weighted by atomic mass is 9.80. The van der Waals surface area contributed by atoms with Crippen molar-refractivity contribution < 1.29 is 18.3 Å². The second kappa shape index (κ2) is 6.67. The Balaban J connectivity index is 2.73. The number of carboxylic acids is 1. The zero-order chi connectivity index (χ0) is 14.5. The van der Waals surface area contributed by atoms with Crippen LogP contribution in [0, 0.1) is 5.92 Å². The predicted molar refractivity (Wildman–Crippen MR) is 73.0 cm³/mol. The molecule has 3 N–H and O–H groups in total. The number of nitrogens with one attached hydrogen (secondary N) is 2. The van der Waals surface area contributed by atoms with Gasteiger partial charge in [0.15, 0.2) is 0 Å². The van der Waals surface area contributed by atoms with Crippen molar-refractivity contribution in [3.8, 4) is 0 Å². The zero-order valence-electron chi connectivity index (χ0n) is 11.6. The van der Waals surface area contributed by atoms with Crippen LogP contribution in [0.3, 0.4) is 0 Å². The van der Waals surface area contributed by atoms with E-state index in [2.05, 4.69) is 9.44 Å². The lowest BCUT2D eigenvalue weighted by molar-refractivity contribution is -0.138. The molecule has 0 aromatic carbocycles. The zero-order valence-corrected chi connectivity index (χ0v) is 12.4. The van der Waals surface area contributed by atoms with Crippen LogP contribution in [0.5, 0.6) is 0 Å². The molecule has 0 aromatic rings. The number of aliphatic carboxylic acids is 1. The molecule has 1 aliphatic rings. The Morgan fingerprint density at radius 3 is 2.32 bits per heavy atom. The Hall–Kier alpha value is -0.660. The number of rotatable bonds is 7. The van der Waals surface area contributed by atoms with Gasteiger partial charge in [0, 0.05) is 12.1 Å². The summed E-state index contributed by atoms with van der Waals surface area (Å²) in [5.41, 5.74) is -0.826. The van der Waals surface area contributed by atoms with E-state index in [1.54, 1.807) is 0 Å². The summed E-state index contributed by atoms with van der Waals surface area (Å²) >= 11 is 0. The lowest BCUT2D eigenvalue weighted by Crippen LogP contribution is -2.54. The molecule has 0 bridgehead atoms. The number of hydrogen-bond donors (Lipinski definition) is 3. The third-order valence-corrected chi connectivity index (χ3v) is 4.58. The summed E-state index contributed by atoms with van der Waals surface area (Å²) < 4.78 is 29.0. The first-order valence-corrected chi connectivity index (χ1v) is 8.23. The molecule has 1 saturated carbocycles. The molecule has 1 fully saturated rings. The van der Waals surface area contributed by atoms with E-state index in [1.165, 1.54) is 0 Å². The molecule has 1 rings (SSSR count). The van der Waals surface area contributed by atoms with Gasteiger partial charge >= 0.3 is 5.97 Å². The largest absolute Gasteiger partial charge is 0.481 e. The molecule has 19 heavy (non-hydrogen) atoms. The highest BCUT2D eigenvalue weighted by molar-refractivity contribution is 7.87. The molecule has 0 aromatic heterocycles. The Bertz CT molecular complexity index is 400. The first-order valence-electron chi connectivity index (χ1n) is 6.75. The van der Waals surface area contributed by atoms with E-state index in [0.717, 1.165) is 19.3 Å². The summed E-state index contributed by atoms with van der Waals surface area (Å²) in [5, 5.41) is 8.99. The van der Waals surface area contributed by atoms with Gasteiger partial charge in [0.25, 0.3) is 10.2 Å². The standard InChI is InChI=1S/C12H24N2O4S/c1-10(2)9-13-19(17,18)14-12(8-11(15)16)6-4-3-5-7-12/h10,13-14H,3-9H2,1-2H3,(H,15,16). The van der Waals surface area contributed by atoms with Gasteiger partial charge in [0.2, 0.25) is 0 Å². The van der Waals surface area contributed by atoms with E-state index in [4.69, 9.17) is 5.11 Å². The van der Waals surface area contributed by atoms with Crippen LogP contribution in [-0.2, 0) is 15.0 Å². The minimum atomic E-state index is -3.64. The van der Waals surface area contributed by atoms with Crippen molar-refractivity contribution >= 4 is 16.2 Å². The van der Waals surface area contributed by atoms with Gasteiger partial charge in [-0.3, -0.25) is 4.79 Å². The summed E-state index contributed by atoms with van der Waals surface area (Å²) in [6.07, 6.45) is 3.77. The Kier molecular flexibility index (Phi) is 5.76. The SMILES string of the molecule is CC(C)CNS(=O)(=O)NC1(CC(=O)O)CCCCC1. The van der Waals surface area contributed by atoms with Gasteiger partial charge in [-0.25, -0.2) is 4.72 Å².